The van der Waals surface area contributed by atoms with E-state index in [1.807, 2.05) is 19.3 Å². The molecule has 0 heterocycles. The molecule has 0 fully saturated rings. The number of nitrogens with two attached hydrogens (primary N) is 1. The minimum atomic E-state index is -0.995. The number of hydrogen-bond acceptors (Lipinski definition) is 3. The van der Waals surface area contributed by atoms with Gasteiger partial charge in [-0.2, -0.15) is 0 Å². The van der Waals surface area contributed by atoms with Gasteiger partial charge in [0, 0.05) is 11.5 Å². The van der Waals surface area contributed by atoms with Crippen molar-refractivity contribution in [2.45, 2.75) is 33.2 Å². The van der Waals surface area contributed by atoms with Crippen molar-refractivity contribution >= 4 is 11.9 Å². The van der Waals surface area contributed by atoms with Gasteiger partial charge in [-0.1, -0.05) is 13.5 Å². The van der Waals surface area contributed by atoms with Crippen LogP contribution in [0.25, 0.3) is 0 Å². The molecule has 16 heavy (non-hydrogen) atoms. The molecule has 0 radical (unpaired) electrons. The summed E-state index contributed by atoms with van der Waals surface area (Å²) in [6.45, 7) is 9.66. The van der Waals surface area contributed by atoms with E-state index in [0.29, 0.717) is 5.57 Å². The summed E-state index contributed by atoms with van der Waals surface area (Å²) < 4.78 is 0. The Kier molecular flexibility index (Phi) is 10.8. The van der Waals surface area contributed by atoms with Gasteiger partial charge in [-0.3, -0.25) is 4.79 Å². The zero-order valence-corrected chi connectivity index (χ0v) is 10.5. The van der Waals surface area contributed by atoms with Crippen LogP contribution < -0.4 is 15.7 Å². The molecule has 0 aliphatic carbocycles. The predicted octanol–water partition coefficient (Wildman–Crippen LogP) is -1.59. The lowest BCUT2D eigenvalue weighted by atomic mass is 10.3. The average Bonchev–Trinajstić information content (AvgIpc) is 2.18. The number of carboxylic acids is 1. The van der Waals surface area contributed by atoms with E-state index in [0.717, 1.165) is 6.54 Å². The molecule has 0 aromatic rings. The highest BCUT2D eigenvalue weighted by Gasteiger charge is 2.06. The molecule has 94 valence electrons. The lowest BCUT2D eigenvalue weighted by molar-refractivity contribution is -0.628. The molecule has 0 aliphatic rings. The summed E-state index contributed by atoms with van der Waals surface area (Å²) in [6.07, 6.45) is 0.111. The number of amides is 1. The van der Waals surface area contributed by atoms with Crippen molar-refractivity contribution in [3.05, 3.63) is 12.2 Å². The molecule has 0 saturated heterocycles. The predicted molar refractivity (Wildman–Crippen MR) is 60.4 cm³/mol. The molecule has 3 N–H and O–H groups in total. The Balaban J connectivity index is 0. The van der Waals surface area contributed by atoms with Gasteiger partial charge in [0.05, 0.1) is 19.6 Å². The Labute approximate surface area is 96.9 Å². The molecule has 5 heteroatoms. The van der Waals surface area contributed by atoms with Gasteiger partial charge < -0.3 is 20.5 Å². The molecule has 0 saturated carbocycles. The van der Waals surface area contributed by atoms with Crippen molar-refractivity contribution in [3.63, 3.8) is 0 Å². The molecule has 0 aromatic carbocycles. The zero-order chi connectivity index (χ0) is 13.1. The third kappa shape index (κ3) is 12.6. The van der Waals surface area contributed by atoms with Crippen LogP contribution in [0.4, 0.5) is 0 Å². The molecule has 5 nitrogen and oxygen atoms in total. The van der Waals surface area contributed by atoms with Crippen LogP contribution in [0.5, 0.6) is 0 Å². The summed E-state index contributed by atoms with van der Waals surface area (Å²) >= 11 is 0. The van der Waals surface area contributed by atoms with Gasteiger partial charge in [-0.15, -0.1) is 0 Å². The minimum absolute atomic E-state index is 0.0562. The zero-order valence-electron chi connectivity index (χ0n) is 10.5. The van der Waals surface area contributed by atoms with Crippen molar-refractivity contribution in [3.8, 4) is 0 Å². The van der Waals surface area contributed by atoms with Crippen molar-refractivity contribution in [2.24, 2.45) is 0 Å². The molecule has 0 aromatic heterocycles. The highest BCUT2D eigenvalue weighted by molar-refractivity contribution is 5.92. The lowest BCUT2D eigenvalue weighted by Crippen LogP contribution is -2.83. The molecular formula is C11H22N2O3. The van der Waals surface area contributed by atoms with Crippen LogP contribution in [-0.4, -0.2) is 31.5 Å². The van der Waals surface area contributed by atoms with E-state index in [4.69, 9.17) is 0 Å². The van der Waals surface area contributed by atoms with E-state index in [1.54, 1.807) is 6.92 Å². The van der Waals surface area contributed by atoms with Crippen LogP contribution in [0, 0.1) is 0 Å². The molecule has 1 unspecified atom stereocenters. The summed E-state index contributed by atoms with van der Waals surface area (Å²) in [4.78, 5) is 20.3. The van der Waals surface area contributed by atoms with E-state index in [2.05, 4.69) is 11.9 Å². The van der Waals surface area contributed by atoms with Gasteiger partial charge in [0.2, 0.25) is 5.91 Å². The van der Waals surface area contributed by atoms with Crippen molar-refractivity contribution < 1.29 is 20.0 Å². The van der Waals surface area contributed by atoms with Crippen molar-refractivity contribution in [2.75, 3.05) is 13.6 Å². The van der Waals surface area contributed by atoms with E-state index < -0.39 is 5.97 Å². The molecule has 0 bridgehead atoms. The maximum atomic E-state index is 11.0. The first-order chi connectivity index (χ1) is 7.34. The molecule has 0 spiro atoms. The second-order valence-corrected chi connectivity index (χ2v) is 3.52. The van der Waals surface area contributed by atoms with Crippen LogP contribution >= 0.6 is 0 Å². The first-order valence-electron chi connectivity index (χ1n) is 5.29. The number of likely N-dealkylation sites (N-methyl/N-ethyl adjacent to an activating group) is 1. The van der Waals surface area contributed by atoms with Crippen LogP contribution in [0.3, 0.4) is 0 Å². The number of nitrogens with one attached hydrogen (secondary N) is 1. The molecule has 1 amide bonds. The number of hydrogen-bond donors (Lipinski definition) is 2. The third-order valence-electron chi connectivity index (χ3n) is 1.64. The minimum Gasteiger partial charge on any atom is -0.550 e. The second-order valence-electron chi connectivity index (χ2n) is 3.52. The Bertz CT molecular complexity index is 239. The molecule has 0 aliphatic heterocycles. The second kappa shape index (κ2) is 10.2. The van der Waals surface area contributed by atoms with Crippen LogP contribution in [0.1, 0.15) is 27.2 Å². The molecule has 1 atom stereocenters. The van der Waals surface area contributed by atoms with Crippen LogP contribution in [0.2, 0.25) is 0 Å². The number of quaternary nitrogens is 1. The van der Waals surface area contributed by atoms with Crippen LogP contribution in [-0.2, 0) is 9.59 Å². The fraction of sp³-hybridized carbons (Fsp3) is 0.636. The maximum Gasteiger partial charge on any atom is 0.246 e. The largest absolute Gasteiger partial charge is 0.550 e. The third-order valence-corrected chi connectivity index (χ3v) is 1.64. The standard InChI is InChI=1S/C8H16N2O.C3H6O2/c1-6(2)8(11)10-7(3)5-9-4;1-2-3(4)5/h7,9H,1,5H2,2-4H3,(H,10,11);2H2,1H3,(H,4,5). The fourth-order valence-electron chi connectivity index (χ4n) is 0.759. The number of rotatable bonds is 5. The van der Waals surface area contributed by atoms with Gasteiger partial charge in [0.15, 0.2) is 0 Å². The topological polar surface area (TPSA) is 85.8 Å². The summed E-state index contributed by atoms with van der Waals surface area (Å²) in [5.74, 6) is -1.05. The Morgan fingerprint density at radius 3 is 2.19 bits per heavy atom. The summed E-state index contributed by atoms with van der Waals surface area (Å²) in [5.41, 5.74) is 0.563. The lowest BCUT2D eigenvalue weighted by Gasteiger charge is -2.10. The van der Waals surface area contributed by atoms with Gasteiger partial charge in [0.25, 0.3) is 0 Å². The SMILES string of the molecule is C=C(C)C(=O)NC(C)C[NH2+]C.CCC(=O)[O-]. The number of aliphatic carboxylic acids is 1. The van der Waals surface area contributed by atoms with Gasteiger partial charge in [-0.05, 0) is 20.3 Å². The number of carbonyl (C=O) groups excluding carboxylic acids is 2. The summed E-state index contributed by atoms with van der Waals surface area (Å²) in [5, 5.41) is 14.1. The maximum absolute atomic E-state index is 11.0. The fourth-order valence-corrected chi connectivity index (χ4v) is 0.759. The first-order valence-corrected chi connectivity index (χ1v) is 5.29. The Morgan fingerprint density at radius 2 is 1.94 bits per heavy atom. The number of carboxylic acid groups (broad SMARTS) is 1. The smallest absolute Gasteiger partial charge is 0.246 e. The first kappa shape index (κ1) is 17.0. The van der Waals surface area contributed by atoms with Gasteiger partial charge in [0.1, 0.15) is 0 Å². The number of carbonyl (C=O) groups is 2. The van der Waals surface area contributed by atoms with E-state index >= 15 is 0 Å². The average molecular weight is 230 g/mol. The van der Waals surface area contributed by atoms with Gasteiger partial charge >= 0.3 is 0 Å². The quantitative estimate of drug-likeness (QED) is 0.558. The van der Waals surface area contributed by atoms with E-state index in [-0.39, 0.29) is 18.4 Å². The Morgan fingerprint density at radius 1 is 1.50 bits per heavy atom. The van der Waals surface area contributed by atoms with Gasteiger partial charge in [-0.25, -0.2) is 0 Å². The normalized spacial score (nSPS) is 10.8. The van der Waals surface area contributed by atoms with E-state index in [9.17, 15) is 14.7 Å². The highest BCUT2D eigenvalue weighted by atomic mass is 16.4. The van der Waals surface area contributed by atoms with E-state index in [1.165, 1.54) is 6.92 Å². The summed E-state index contributed by atoms with van der Waals surface area (Å²) in [7, 11) is 1.98. The summed E-state index contributed by atoms with van der Waals surface area (Å²) in [6, 6.07) is 0.212. The van der Waals surface area contributed by atoms with Crippen molar-refractivity contribution in [1.29, 1.82) is 0 Å². The van der Waals surface area contributed by atoms with Crippen molar-refractivity contribution in [1.82, 2.24) is 5.32 Å². The highest BCUT2D eigenvalue weighted by Crippen LogP contribution is 1.86. The molecule has 0 rings (SSSR count). The Hall–Kier alpha value is -1.36. The molecular weight excluding hydrogens is 208 g/mol. The van der Waals surface area contributed by atoms with Crippen LogP contribution in [0.15, 0.2) is 12.2 Å². The monoisotopic (exact) mass is 230 g/mol.